The molecule has 3 aromatic rings. The van der Waals surface area contributed by atoms with Gasteiger partial charge in [-0.3, -0.25) is 9.59 Å². The predicted molar refractivity (Wildman–Crippen MR) is 103 cm³/mol. The zero-order valence-corrected chi connectivity index (χ0v) is 15.2. The summed E-state index contributed by atoms with van der Waals surface area (Å²) in [6.07, 6.45) is 0. The first kappa shape index (κ1) is 17.8. The van der Waals surface area contributed by atoms with E-state index < -0.39 is 0 Å². The van der Waals surface area contributed by atoms with Gasteiger partial charge in [-0.1, -0.05) is 48.5 Å². The van der Waals surface area contributed by atoms with E-state index in [0.717, 1.165) is 21.8 Å². The quantitative estimate of drug-likeness (QED) is 0.705. The van der Waals surface area contributed by atoms with Crippen LogP contribution < -0.4 is 10.6 Å². The van der Waals surface area contributed by atoms with Crippen LogP contribution in [0.1, 0.15) is 21.6 Å². The third-order valence-electron chi connectivity index (χ3n) is 3.84. The second kappa shape index (κ2) is 8.40. The van der Waals surface area contributed by atoms with Crippen LogP contribution in [0.3, 0.4) is 0 Å². The topological polar surface area (TPSA) is 71.1 Å². The van der Waals surface area contributed by atoms with Crippen molar-refractivity contribution in [3.05, 3.63) is 76.8 Å². The number of carbonyl (C=O) groups is 2. The van der Waals surface area contributed by atoms with Crippen molar-refractivity contribution in [2.45, 2.75) is 13.5 Å². The van der Waals surface area contributed by atoms with E-state index in [0.29, 0.717) is 12.1 Å². The molecule has 0 saturated heterocycles. The number of aromatic nitrogens is 1. The van der Waals surface area contributed by atoms with E-state index in [9.17, 15) is 9.59 Å². The number of aryl methyl sites for hydroxylation is 1. The fourth-order valence-corrected chi connectivity index (χ4v) is 3.26. The number of rotatable bonds is 6. The van der Waals surface area contributed by atoms with Gasteiger partial charge >= 0.3 is 0 Å². The molecular weight excluding hydrogens is 346 g/mol. The number of hydrogen-bond donors (Lipinski definition) is 2. The standard InChI is InChI=1S/C20H19N3O2S/c1-14-7-5-6-10-17(14)19(25)22-12-18(24)21-11-16-13-26-20(23-16)15-8-3-2-4-9-15/h2-10,13H,11-12H2,1H3,(H,21,24)(H,22,25). The van der Waals surface area contributed by atoms with Crippen LogP contribution >= 0.6 is 11.3 Å². The van der Waals surface area contributed by atoms with Crippen LogP contribution in [0.4, 0.5) is 0 Å². The number of thiazole rings is 1. The van der Waals surface area contributed by atoms with Gasteiger partial charge in [-0.2, -0.15) is 0 Å². The largest absolute Gasteiger partial charge is 0.349 e. The van der Waals surface area contributed by atoms with Crippen molar-refractivity contribution in [3.63, 3.8) is 0 Å². The summed E-state index contributed by atoms with van der Waals surface area (Å²) in [5.74, 6) is -0.500. The molecule has 1 heterocycles. The van der Waals surface area contributed by atoms with E-state index in [1.165, 1.54) is 11.3 Å². The van der Waals surface area contributed by atoms with Gasteiger partial charge < -0.3 is 10.6 Å². The maximum Gasteiger partial charge on any atom is 0.251 e. The summed E-state index contributed by atoms with van der Waals surface area (Å²) in [5, 5.41) is 8.26. The Morgan fingerprint density at radius 1 is 1.00 bits per heavy atom. The minimum absolute atomic E-state index is 0.0666. The molecule has 0 unspecified atom stereocenters. The maximum absolute atomic E-state index is 12.1. The first-order valence-electron chi connectivity index (χ1n) is 8.24. The molecule has 1 aromatic heterocycles. The highest BCUT2D eigenvalue weighted by atomic mass is 32.1. The van der Waals surface area contributed by atoms with Crippen LogP contribution in [0.15, 0.2) is 60.0 Å². The molecule has 0 aliphatic carbocycles. The van der Waals surface area contributed by atoms with Gasteiger partial charge in [0.1, 0.15) is 5.01 Å². The summed E-state index contributed by atoms with van der Waals surface area (Å²) in [5.41, 5.74) is 3.31. The molecule has 0 atom stereocenters. The minimum Gasteiger partial charge on any atom is -0.349 e. The minimum atomic E-state index is -0.252. The molecular formula is C20H19N3O2S. The zero-order chi connectivity index (χ0) is 18.4. The highest BCUT2D eigenvalue weighted by Crippen LogP contribution is 2.23. The van der Waals surface area contributed by atoms with Crippen LogP contribution in [0.5, 0.6) is 0 Å². The van der Waals surface area contributed by atoms with Crippen LogP contribution in [-0.4, -0.2) is 23.3 Å². The summed E-state index contributed by atoms with van der Waals surface area (Å²) in [4.78, 5) is 28.6. The van der Waals surface area contributed by atoms with Gasteiger partial charge in [-0.05, 0) is 18.6 Å². The lowest BCUT2D eigenvalue weighted by atomic mass is 10.1. The molecule has 0 radical (unpaired) electrons. The normalized spacial score (nSPS) is 10.3. The summed E-state index contributed by atoms with van der Waals surface area (Å²) in [6, 6.07) is 17.2. The van der Waals surface area contributed by atoms with Crippen molar-refractivity contribution in [2.24, 2.45) is 0 Å². The van der Waals surface area contributed by atoms with Crippen molar-refractivity contribution in [2.75, 3.05) is 6.54 Å². The zero-order valence-electron chi connectivity index (χ0n) is 14.4. The lowest BCUT2D eigenvalue weighted by Crippen LogP contribution is -2.36. The number of nitrogens with zero attached hydrogens (tertiary/aromatic N) is 1. The fraction of sp³-hybridized carbons (Fsp3) is 0.150. The monoisotopic (exact) mass is 365 g/mol. The average Bonchev–Trinajstić information content (AvgIpc) is 3.14. The molecule has 0 spiro atoms. The molecule has 3 rings (SSSR count). The Labute approximate surface area is 156 Å². The Morgan fingerprint density at radius 3 is 2.50 bits per heavy atom. The Morgan fingerprint density at radius 2 is 1.73 bits per heavy atom. The molecule has 5 nitrogen and oxygen atoms in total. The van der Waals surface area contributed by atoms with Crippen LogP contribution in [0.2, 0.25) is 0 Å². The summed E-state index contributed by atoms with van der Waals surface area (Å²) in [7, 11) is 0. The number of benzene rings is 2. The van der Waals surface area contributed by atoms with Gasteiger partial charge in [0.25, 0.3) is 5.91 Å². The van der Waals surface area contributed by atoms with Crippen LogP contribution in [0, 0.1) is 6.92 Å². The molecule has 0 bridgehead atoms. The molecule has 0 aliphatic rings. The van der Waals surface area contributed by atoms with Crippen molar-refractivity contribution in [1.29, 1.82) is 0 Å². The molecule has 0 fully saturated rings. The first-order chi connectivity index (χ1) is 12.6. The summed E-state index contributed by atoms with van der Waals surface area (Å²) >= 11 is 1.54. The summed E-state index contributed by atoms with van der Waals surface area (Å²) in [6.45, 7) is 2.13. The number of hydrogen-bond acceptors (Lipinski definition) is 4. The van der Waals surface area contributed by atoms with Crippen molar-refractivity contribution in [3.8, 4) is 10.6 Å². The molecule has 2 amide bonds. The highest BCUT2D eigenvalue weighted by Gasteiger charge is 2.10. The van der Waals surface area contributed by atoms with Gasteiger partial charge in [0, 0.05) is 16.5 Å². The highest BCUT2D eigenvalue weighted by molar-refractivity contribution is 7.13. The third kappa shape index (κ3) is 4.55. The number of carbonyl (C=O) groups excluding carboxylic acids is 2. The predicted octanol–water partition coefficient (Wildman–Crippen LogP) is 3.16. The molecule has 26 heavy (non-hydrogen) atoms. The molecule has 132 valence electrons. The van der Waals surface area contributed by atoms with Gasteiger partial charge in [0.05, 0.1) is 18.8 Å². The average molecular weight is 365 g/mol. The SMILES string of the molecule is Cc1ccccc1C(=O)NCC(=O)NCc1csc(-c2ccccc2)n1. The van der Waals surface area contributed by atoms with Crippen molar-refractivity contribution in [1.82, 2.24) is 15.6 Å². The second-order valence-electron chi connectivity index (χ2n) is 5.78. The molecule has 0 aliphatic heterocycles. The Bertz CT molecular complexity index is 906. The Hall–Kier alpha value is -2.99. The van der Waals surface area contributed by atoms with Crippen molar-refractivity contribution >= 4 is 23.2 Å². The van der Waals surface area contributed by atoms with Gasteiger partial charge in [0.2, 0.25) is 5.91 Å². The summed E-state index contributed by atoms with van der Waals surface area (Å²) < 4.78 is 0. The van der Waals surface area contributed by atoms with Crippen LogP contribution in [0.25, 0.3) is 10.6 Å². The number of nitrogens with one attached hydrogen (secondary N) is 2. The van der Waals surface area contributed by atoms with E-state index in [1.807, 2.05) is 54.8 Å². The van der Waals surface area contributed by atoms with Crippen LogP contribution in [-0.2, 0) is 11.3 Å². The second-order valence-corrected chi connectivity index (χ2v) is 6.64. The van der Waals surface area contributed by atoms with Gasteiger partial charge in [-0.25, -0.2) is 4.98 Å². The molecule has 2 N–H and O–H groups in total. The molecule has 2 aromatic carbocycles. The first-order valence-corrected chi connectivity index (χ1v) is 9.12. The molecule has 6 heteroatoms. The van der Waals surface area contributed by atoms with Gasteiger partial charge in [0.15, 0.2) is 0 Å². The lowest BCUT2D eigenvalue weighted by Gasteiger charge is -2.07. The van der Waals surface area contributed by atoms with E-state index in [-0.39, 0.29) is 18.4 Å². The van der Waals surface area contributed by atoms with E-state index >= 15 is 0 Å². The maximum atomic E-state index is 12.1. The fourth-order valence-electron chi connectivity index (χ4n) is 2.44. The van der Waals surface area contributed by atoms with E-state index in [2.05, 4.69) is 15.6 Å². The molecule has 0 saturated carbocycles. The Kier molecular flexibility index (Phi) is 5.76. The lowest BCUT2D eigenvalue weighted by molar-refractivity contribution is -0.120. The van der Waals surface area contributed by atoms with E-state index in [4.69, 9.17) is 0 Å². The van der Waals surface area contributed by atoms with E-state index in [1.54, 1.807) is 12.1 Å². The number of amides is 2. The smallest absolute Gasteiger partial charge is 0.251 e. The third-order valence-corrected chi connectivity index (χ3v) is 4.78. The van der Waals surface area contributed by atoms with Crippen molar-refractivity contribution < 1.29 is 9.59 Å². The van der Waals surface area contributed by atoms with Gasteiger partial charge in [-0.15, -0.1) is 11.3 Å². The Balaban J connectivity index is 1.48.